The van der Waals surface area contributed by atoms with Crippen LogP contribution in [0.15, 0.2) is 28.9 Å². The Morgan fingerprint density at radius 2 is 2.19 bits per heavy atom. The van der Waals surface area contributed by atoms with E-state index in [1.807, 2.05) is 25.1 Å². The van der Waals surface area contributed by atoms with E-state index in [2.05, 4.69) is 20.0 Å². The molecule has 0 amide bonds. The molecule has 0 fully saturated rings. The minimum absolute atomic E-state index is 0.597. The first-order valence-corrected chi connectivity index (χ1v) is 5.07. The summed E-state index contributed by atoms with van der Waals surface area (Å²) < 4.78 is 6.34. The summed E-state index contributed by atoms with van der Waals surface area (Å²) in [5, 5.41) is 12.6. The Labute approximate surface area is 95.6 Å². The van der Waals surface area contributed by atoms with Gasteiger partial charge in [-0.1, -0.05) is 17.7 Å². The van der Waals surface area contributed by atoms with Crippen molar-refractivity contribution in [3.8, 4) is 5.69 Å². The molecule has 0 spiro atoms. The second-order valence-electron chi connectivity index (χ2n) is 3.41. The van der Waals surface area contributed by atoms with Gasteiger partial charge in [0.25, 0.3) is 0 Å². The van der Waals surface area contributed by atoms with Gasteiger partial charge in [-0.2, -0.15) is 5.10 Å². The molecule has 1 aromatic carbocycles. The molecule has 6 heteroatoms. The minimum atomic E-state index is 0.597. The van der Waals surface area contributed by atoms with Gasteiger partial charge in [0.05, 0.1) is 11.4 Å². The molecule has 16 heavy (non-hydrogen) atoms. The molecule has 2 heterocycles. The van der Waals surface area contributed by atoms with Gasteiger partial charge in [-0.15, -0.1) is 0 Å². The van der Waals surface area contributed by atoms with Crippen molar-refractivity contribution in [1.29, 1.82) is 0 Å². The highest BCUT2D eigenvalue weighted by Crippen LogP contribution is 2.20. The fourth-order valence-electron chi connectivity index (χ4n) is 1.58. The standard InChI is InChI=1S/C10H7ClN4O/c1-6-9-10(14-16-13-9)15(12-6)8-4-2-3-7(11)5-8/h2-5H,1H3. The third kappa shape index (κ3) is 1.29. The summed E-state index contributed by atoms with van der Waals surface area (Å²) in [4.78, 5) is 0. The Kier molecular flexibility index (Phi) is 1.94. The van der Waals surface area contributed by atoms with Gasteiger partial charge in [0, 0.05) is 5.02 Å². The number of aryl methyl sites for hydroxylation is 1. The van der Waals surface area contributed by atoms with Gasteiger partial charge >= 0.3 is 0 Å². The average molecular weight is 235 g/mol. The summed E-state index contributed by atoms with van der Waals surface area (Å²) in [5.74, 6) is 0. The Balaban J connectivity index is 2.29. The van der Waals surface area contributed by atoms with Crippen LogP contribution in [0, 0.1) is 6.92 Å². The van der Waals surface area contributed by atoms with Gasteiger partial charge in [0.1, 0.15) is 0 Å². The molecule has 3 aromatic rings. The lowest BCUT2D eigenvalue weighted by Crippen LogP contribution is -1.96. The predicted molar refractivity (Wildman–Crippen MR) is 58.7 cm³/mol. The maximum absolute atomic E-state index is 5.93. The molecule has 0 aliphatic heterocycles. The molecule has 5 nitrogen and oxygen atoms in total. The Morgan fingerprint density at radius 1 is 1.31 bits per heavy atom. The van der Waals surface area contributed by atoms with Crippen LogP contribution in [-0.2, 0) is 0 Å². The van der Waals surface area contributed by atoms with Crippen molar-refractivity contribution in [3.63, 3.8) is 0 Å². The number of aromatic nitrogens is 4. The first-order valence-electron chi connectivity index (χ1n) is 4.69. The second kappa shape index (κ2) is 3.31. The number of nitrogens with zero attached hydrogens (tertiary/aromatic N) is 4. The van der Waals surface area contributed by atoms with Gasteiger partial charge in [-0.3, -0.25) is 0 Å². The molecule has 2 aromatic heterocycles. The monoisotopic (exact) mass is 234 g/mol. The van der Waals surface area contributed by atoms with Crippen LogP contribution in [-0.4, -0.2) is 20.1 Å². The summed E-state index contributed by atoms with van der Waals surface area (Å²) in [6.07, 6.45) is 0. The molecule has 0 N–H and O–H groups in total. The number of hydrogen-bond donors (Lipinski definition) is 0. The van der Waals surface area contributed by atoms with Crippen LogP contribution in [0.3, 0.4) is 0 Å². The molecular weight excluding hydrogens is 228 g/mol. The van der Waals surface area contributed by atoms with Crippen molar-refractivity contribution in [2.75, 3.05) is 0 Å². The molecule has 0 unspecified atom stereocenters. The van der Waals surface area contributed by atoms with Crippen molar-refractivity contribution >= 4 is 22.8 Å². The highest BCUT2D eigenvalue weighted by molar-refractivity contribution is 6.30. The first kappa shape index (κ1) is 9.35. The smallest absolute Gasteiger partial charge is 0.227 e. The second-order valence-corrected chi connectivity index (χ2v) is 3.85. The molecule has 80 valence electrons. The van der Waals surface area contributed by atoms with Crippen LogP contribution in [0.1, 0.15) is 5.69 Å². The van der Waals surface area contributed by atoms with Crippen LogP contribution in [0.4, 0.5) is 0 Å². The Hall–Kier alpha value is -1.88. The molecule has 0 aliphatic rings. The summed E-state index contributed by atoms with van der Waals surface area (Å²) in [7, 11) is 0. The van der Waals surface area contributed by atoms with E-state index in [9.17, 15) is 0 Å². The largest absolute Gasteiger partial charge is 0.242 e. The quantitative estimate of drug-likeness (QED) is 0.649. The van der Waals surface area contributed by atoms with Crippen LogP contribution in [0.5, 0.6) is 0 Å². The molecule has 3 rings (SSSR count). The zero-order chi connectivity index (χ0) is 11.1. The van der Waals surface area contributed by atoms with Crippen LogP contribution < -0.4 is 0 Å². The maximum Gasteiger partial charge on any atom is 0.227 e. The predicted octanol–water partition coefficient (Wildman–Crippen LogP) is 2.37. The van der Waals surface area contributed by atoms with Gasteiger partial charge in [-0.05, 0) is 35.4 Å². The lowest BCUT2D eigenvalue weighted by molar-refractivity contribution is 0.312. The highest BCUT2D eigenvalue weighted by atomic mass is 35.5. The van der Waals surface area contributed by atoms with Crippen molar-refractivity contribution in [1.82, 2.24) is 20.1 Å². The zero-order valence-corrected chi connectivity index (χ0v) is 9.14. The summed E-state index contributed by atoms with van der Waals surface area (Å²) >= 11 is 5.93. The molecule has 0 radical (unpaired) electrons. The Bertz CT molecular complexity index is 658. The first-order chi connectivity index (χ1) is 7.75. The summed E-state index contributed by atoms with van der Waals surface area (Å²) in [6, 6.07) is 7.36. The number of rotatable bonds is 1. The van der Waals surface area contributed by atoms with E-state index in [4.69, 9.17) is 11.6 Å². The van der Waals surface area contributed by atoms with Gasteiger partial charge < -0.3 is 0 Å². The number of benzene rings is 1. The van der Waals surface area contributed by atoms with E-state index in [1.54, 1.807) is 10.7 Å². The fourth-order valence-corrected chi connectivity index (χ4v) is 1.77. The van der Waals surface area contributed by atoms with Gasteiger partial charge in [0.2, 0.25) is 5.65 Å². The van der Waals surface area contributed by atoms with E-state index in [-0.39, 0.29) is 0 Å². The van der Waals surface area contributed by atoms with Crippen molar-refractivity contribution in [3.05, 3.63) is 35.0 Å². The number of fused-ring (bicyclic) bond motifs is 1. The lowest BCUT2D eigenvalue weighted by atomic mass is 10.3. The van der Waals surface area contributed by atoms with Crippen LogP contribution >= 0.6 is 11.6 Å². The maximum atomic E-state index is 5.93. The summed E-state index contributed by atoms with van der Waals surface area (Å²) in [6.45, 7) is 1.85. The molecular formula is C10H7ClN4O. The normalized spacial score (nSPS) is 11.1. The van der Waals surface area contributed by atoms with Crippen LogP contribution in [0.25, 0.3) is 16.9 Å². The number of hydrogen-bond acceptors (Lipinski definition) is 4. The minimum Gasteiger partial charge on any atom is -0.242 e. The third-order valence-corrected chi connectivity index (χ3v) is 2.55. The van der Waals surface area contributed by atoms with Crippen molar-refractivity contribution in [2.45, 2.75) is 6.92 Å². The van der Waals surface area contributed by atoms with E-state index in [0.717, 1.165) is 11.4 Å². The zero-order valence-electron chi connectivity index (χ0n) is 8.38. The fraction of sp³-hybridized carbons (Fsp3) is 0.100. The van der Waals surface area contributed by atoms with E-state index in [0.29, 0.717) is 16.2 Å². The SMILES string of the molecule is Cc1nn(-c2cccc(Cl)c2)c2nonc12. The molecule has 0 atom stereocenters. The topological polar surface area (TPSA) is 56.7 Å². The molecule has 0 bridgehead atoms. The van der Waals surface area contributed by atoms with E-state index in [1.165, 1.54) is 0 Å². The van der Waals surface area contributed by atoms with E-state index < -0.39 is 0 Å². The van der Waals surface area contributed by atoms with E-state index >= 15 is 0 Å². The number of halogens is 1. The third-order valence-electron chi connectivity index (χ3n) is 2.32. The van der Waals surface area contributed by atoms with Gasteiger partial charge in [-0.25, -0.2) is 9.31 Å². The van der Waals surface area contributed by atoms with Crippen molar-refractivity contribution < 1.29 is 4.63 Å². The van der Waals surface area contributed by atoms with Crippen LogP contribution in [0.2, 0.25) is 5.02 Å². The Morgan fingerprint density at radius 3 is 3.00 bits per heavy atom. The van der Waals surface area contributed by atoms with Gasteiger partial charge in [0.15, 0.2) is 5.52 Å². The lowest BCUT2D eigenvalue weighted by Gasteiger charge is -2.00. The highest BCUT2D eigenvalue weighted by Gasteiger charge is 2.14. The average Bonchev–Trinajstić information content (AvgIpc) is 2.83. The molecule has 0 aliphatic carbocycles. The molecule has 0 saturated carbocycles. The summed E-state index contributed by atoms with van der Waals surface area (Å²) in [5.41, 5.74) is 2.87. The van der Waals surface area contributed by atoms with Crippen molar-refractivity contribution in [2.24, 2.45) is 0 Å². The molecule has 0 saturated heterocycles.